The predicted octanol–water partition coefficient (Wildman–Crippen LogP) is 1.84. The summed E-state index contributed by atoms with van der Waals surface area (Å²) in [6.07, 6.45) is 7.34. The van der Waals surface area contributed by atoms with Crippen LogP contribution in [0.3, 0.4) is 0 Å². The van der Waals surface area contributed by atoms with Gasteiger partial charge in [0.25, 0.3) is 0 Å². The van der Waals surface area contributed by atoms with Gasteiger partial charge >= 0.3 is 0 Å². The maximum Gasteiger partial charge on any atom is 0.226 e. The highest BCUT2D eigenvalue weighted by atomic mass is 16.5. The average molecular weight is 223 g/mol. The van der Waals surface area contributed by atoms with Gasteiger partial charge in [-0.15, -0.1) is 0 Å². The predicted molar refractivity (Wildman–Crippen MR) is 63.0 cm³/mol. The normalized spacial score (nSPS) is 31.0. The van der Waals surface area contributed by atoms with Crippen molar-refractivity contribution in [3.05, 3.63) is 12.2 Å². The number of carbonyl (C=O) groups excluding carboxylic acids is 1. The second kappa shape index (κ2) is 5.00. The van der Waals surface area contributed by atoms with Gasteiger partial charge in [0, 0.05) is 26.1 Å². The first kappa shape index (κ1) is 11.6. The van der Waals surface area contributed by atoms with Gasteiger partial charge < -0.3 is 9.64 Å². The summed E-state index contributed by atoms with van der Waals surface area (Å²) in [7, 11) is 1.74. The molecule has 0 unspecified atom stereocenters. The Morgan fingerprint density at radius 2 is 2.06 bits per heavy atom. The molecule has 0 spiro atoms. The molecule has 1 saturated heterocycles. The Morgan fingerprint density at radius 3 is 2.69 bits per heavy atom. The number of rotatable bonds is 2. The number of methoxy groups -OCH3 is 1. The highest BCUT2D eigenvalue weighted by molar-refractivity contribution is 5.79. The van der Waals surface area contributed by atoms with Gasteiger partial charge in [0.15, 0.2) is 0 Å². The molecule has 0 N–H and O–H groups in total. The quantitative estimate of drug-likeness (QED) is 0.668. The van der Waals surface area contributed by atoms with Crippen LogP contribution in [0.1, 0.15) is 26.2 Å². The molecule has 3 nitrogen and oxygen atoms in total. The molecule has 1 fully saturated rings. The summed E-state index contributed by atoms with van der Waals surface area (Å²) < 4.78 is 5.44. The summed E-state index contributed by atoms with van der Waals surface area (Å²) in [6, 6.07) is 0. The van der Waals surface area contributed by atoms with E-state index in [9.17, 15) is 4.79 Å². The lowest BCUT2D eigenvalue weighted by atomic mass is 9.94. The fraction of sp³-hybridized carbons (Fsp3) is 0.769. The van der Waals surface area contributed by atoms with Crippen LogP contribution in [0.25, 0.3) is 0 Å². The molecule has 0 radical (unpaired) electrons. The van der Waals surface area contributed by atoms with Crippen molar-refractivity contribution in [1.82, 2.24) is 4.90 Å². The Bertz CT molecular complexity index is 280. The van der Waals surface area contributed by atoms with Crippen molar-refractivity contribution >= 4 is 5.91 Å². The van der Waals surface area contributed by atoms with Gasteiger partial charge in [0.1, 0.15) is 0 Å². The Labute approximate surface area is 97.5 Å². The second-order valence-corrected chi connectivity index (χ2v) is 4.96. The van der Waals surface area contributed by atoms with Crippen LogP contribution in [0.2, 0.25) is 0 Å². The molecule has 0 bridgehead atoms. The molecule has 0 aromatic rings. The number of hydrogen-bond donors (Lipinski definition) is 0. The van der Waals surface area contributed by atoms with E-state index in [0.717, 1.165) is 32.4 Å². The molecule has 0 saturated carbocycles. The van der Waals surface area contributed by atoms with Crippen LogP contribution in [-0.4, -0.2) is 37.1 Å². The number of ether oxygens (including phenoxy) is 1. The summed E-state index contributed by atoms with van der Waals surface area (Å²) >= 11 is 0. The zero-order valence-electron chi connectivity index (χ0n) is 10.2. The van der Waals surface area contributed by atoms with Crippen molar-refractivity contribution in [3.63, 3.8) is 0 Å². The fourth-order valence-corrected chi connectivity index (χ4v) is 2.62. The number of carbonyl (C=O) groups is 1. The summed E-state index contributed by atoms with van der Waals surface area (Å²) in [5.41, 5.74) is 0. The Kier molecular flexibility index (Phi) is 3.64. The van der Waals surface area contributed by atoms with Gasteiger partial charge in [-0.2, -0.15) is 0 Å². The Balaban J connectivity index is 1.92. The highest BCUT2D eigenvalue weighted by Crippen LogP contribution is 2.25. The van der Waals surface area contributed by atoms with Crippen LogP contribution >= 0.6 is 0 Å². The smallest absolute Gasteiger partial charge is 0.226 e. The van der Waals surface area contributed by atoms with Gasteiger partial charge in [0.2, 0.25) is 5.91 Å². The van der Waals surface area contributed by atoms with Gasteiger partial charge in [-0.1, -0.05) is 19.1 Å². The fourth-order valence-electron chi connectivity index (χ4n) is 2.62. The average Bonchev–Trinajstić information content (AvgIpc) is 2.82. The molecule has 3 heteroatoms. The molecule has 0 aromatic carbocycles. The molecule has 90 valence electrons. The zero-order valence-corrected chi connectivity index (χ0v) is 10.2. The lowest BCUT2D eigenvalue weighted by Gasteiger charge is -2.37. The largest absolute Gasteiger partial charge is 0.379 e. The Hall–Kier alpha value is -0.830. The van der Waals surface area contributed by atoms with Crippen LogP contribution < -0.4 is 0 Å². The van der Waals surface area contributed by atoms with Crippen LogP contribution in [0.4, 0.5) is 0 Å². The summed E-state index contributed by atoms with van der Waals surface area (Å²) in [5.74, 6) is 1.08. The minimum Gasteiger partial charge on any atom is -0.379 e. The van der Waals surface area contributed by atoms with E-state index in [0.29, 0.717) is 11.8 Å². The molecule has 1 aliphatic heterocycles. The standard InChI is InChI=1S/C13H21NO2/c1-10-7-8-14(9-12(10)16-2)13(15)11-5-3-4-6-11/h3-4,10-12H,5-9H2,1-2H3/t10-,12+/m1/s1. The molecule has 1 amide bonds. The van der Waals surface area contributed by atoms with E-state index in [-0.39, 0.29) is 12.0 Å². The van der Waals surface area contributed by atoms with Gasteiger partial charge in [0.05, 0.1) is 6.10 Å². The lowest BCUT2D eigenvalue weighted by molar-refractivity contribution is -0.140. The SMILES string of the molecule is CO[C@H]1CN(C(=O)C2CC=CC2)CC[C@H]1C. The summed E-state index contributed by atoms with van der Waals surface area (Å²) in [6.45, 7) is 3.87. The third kappa shape index (κ3) is 2.29. The first-order valence-electron chi connectivity index (χ1n) is 6.19. The van der Waals surface area contributed by atoms with E-state index in [1.807, 2.05) is 4.90 Å². The van der Waals surface area contributed by atoms with Crippen molar-refractivity contribution in [2.75, 3.05) is 20.2 Å². The van der Waals surface area contributed by atoms with Crippen LogP contribution in [0.5, 0.6) is 0 Å². The van der Waals surface area contributed by atoms with E-state index in [1.165, 1.54) is 0 Å². The zero-order chi connectivity index (χ0) is 11.5. The van der Waals surface area contributed by atoms with Crippen molar-refractivity contribution in [2.45, 2.75) is 32.3 Å². The maximum atomic E-state index is 12.2. The van der Waals surface area contributed by atoms with E-state index in [4.69, 9.17) is 4.74 Å². The summed E-state index contributed by atoms with van der Waals surface area (Å²) in [5, 5.41) is 0. The second-order valence-electron chi connectivity index (χ2n) is 4.96. The summed E-state index contributed by atoms with van der Waals surface area (Å²) in [4.78, 5) is 14.2. The van der Waals surface area contributed by atoms with E-state index < -0.39 is 0 Å². The molecule has 2 aliphatic rings. The molecule has 0 aromatic heterocycles. The van der Waals surface area contributed by atoms with Gasteiger partial charge in [-0.25, -0.2) is 0 Å². The number of likely N-dealkylation sites (tertiary alicyclic amines) is 1. The molecule has 2 atom stereocenters. The van der Waals surface area contributed by atoms with Crippen LogP contribution in [0, 0.1) is 11.8 Å². The minimum absolute atomic E-state index is 0.200. The van der Waals surface area contributed by atoms with Crippen molar-refractivity contribution in [1.29, 1.82) is 0 Å². The maximum absolute atomic E-state index is 12.2. The highest BCUT2D eigenvalue weighted by Gasteiger charge is 2.32. The van der Waals surface area contributed by atoms with Crippen molar-refractivity contribution in [2.24, 2.45) is 11.8 Å². The lowest BCUT2D eigenvalue weighted by Crippen LogP contribution is -2.48. The van der Waals surface area contributed by atoms with Gasteiger partial charge in [-0.3, -0.25) is 4.79 Å². The first-order chi connectivity index (χ1) is 7.72. The van der Waals surface area contributed by atoms with E-state index in [1.54, 1.807) is 7.11 Å². The van der Waals surface area contributed by atoms with Crippen molar-refractivity contribution in [3.8, 4) is 0 Å². The number of hydrogen-bond acceptors (Lipinski definition) is 2. The molecular weight excluding hydrogens is 202 g/mol. The number of allylic oxidation sites excluding steroid dienone is 2. The number of amides is 1. The van der Waals surface area contributed by atoms with E-state index in [2.05, 4.69) is 19.1 Å². The number of piperidine rings is 1. The van der Waals surface area contributed by atoms with E-state index >= 15 is 0 Å². The first-order valence-corrected chi connectivity index (χ1v) is 6.19. The molecular formula is C13H21NO2. The molecule has 1 heterocycles. The number of nitrogens with zero attached hydrogens (tertiary/aromatic N) is 1. The molecule has 1 aliphatic carbocycles. The van der Waals surface area contributed by atoms with Crippen LogP contribution in [-0.2, 0) is 9.53 Å². The molecule has 2 rings (SSSR count). The topological polar surface area (TPSA) is 29.5 Å². The minimum atomic E-state index is 0.200. The van der Waals surface area contributed by atoms with Crippen LogP contribution in [0.15, 0.2) is 12.2 Å². The third-order valence-electron chi connectivity index (χ3n) is 3.86. The van der Waals surface area contributed by atoms with Crippen molar-refractivity contribution < 1.29 is 9.53 Å². The Morgan fingerprint density at radius 1 is 1.38 bits per heavy atom. The van der Waals surface area contributed by atoms with Gasteiger partial charge in [-0.05, 0) is 25.2 Å². The monoisotopic (exact) mass is 223 g/mol. The molecule has 16 heavy (non-hydrogen) atoms. The third-order valence-corrected chi connectivity index (χ3v) is 3.86.